The second kappa shape index (κ2) is 51.7. The van der Waals surface area contributed by atoms with Crippen LogP contribution in [-0.2, 0) is 93.5 Å². The summed E-state index contributed by atoms with van der Waals surface area (Å²) in [5, 5.41) is 52.3. The van der Waals surface area contributed by atoms with Crippen LogP contribution in [0, 0.1) is 11.3 Å². The first-order valence-electron chi connectivity index (χ1n) is 50.3. The molecule has 15 heterocycles. The smallest absolute Gasteiger partial charge is 0.250 e. The third-order valence-corrected chi connectivity index (χ3v) is 32.7. The largest absolute Gasteiger partial charge is 0.394 e. The molecule has 15 aromatic rings. The minimum Gasteiger partial charge on any atom is -0.394 e. The number of carbonyl (C=O) groups is 5. The Kier molecular flexibility index (Phi) is 37.4. The maximum absolute atomic E-state index is 12.8. The van der Waals surface area contributed by atoms with Crippen molar-refractivity contribution in [3.05, 3.63) is 331 Å². The molecular weight excluding hydrogens is 1980 g/mol. The predicted molar refractivity (Wildman–Crippen MR) is 604 cm³/mol. The number of anilines is 5. The Balaban J connectivity index is 0.000000134. The first kappa shape index (κ1) is 108. The lowest BCUT2D eigenvalue weighted by Gasteiger charge is -2.28. The highest BCUT2D eigenvalue weighted by molar-refractivity contribution is 7.20. The molecular formula is C114H127N23O8S5. The van der Waals surface area contributed by atoms with Crippen LogP contribution in [0.2, 0.25) is 0 Å². The van der Waals surface area contributed by atoms with E-state index in [0.717, 1.165) is 165 Å². The molecule has 0 aliphatic carbocycles. The van der Waals surface area contributed by atoms with E-state index in [1.54, 1.807) is 112 Å². The number of hydrogen-bond acceptors (Lipinski definition) is 31. The molecule has 7 N–H and O–H groups in total. The minimum atomic E-state index is -0.341. The van der Waals surface area contributed by atoms with E-state index in [1.807, 2.05) is 173 Å². The van der Waals surface area contributed by atoms with E-state index in [0.29, 0.717) is 95.3 Å². The fourth-order valence-electron chi connectivity index (χ4n) is 19.1. The zero-order valence-corrected chi connectivity index (χ0v) is 90.1. The highest BCUT2D eigenvalue weighted by atomic mass is 32.1. The summed E-state index contributed by atoms with van der Waals surface area (Å²) in [6, 6.07) is 52.3. The average molecular weight is 2110 g/mol. The Morgan fingerprint density at radius 1 is 0.427 bits per heavy atom. The maximum atomic E-state index is 12.8. The van der Waals surface area contributed by atoms with Gasteiger partial charge in [-0.3, -0.25) is 24.0 Å². The Morgan fingerprint density at radius 2 is 0.747 bits per heavy atom. The molecule has 0 saturated carbocycles. The molecule has 5 aliphatic rings. The number of likely N-dealkylation sites (N-methyl/N-ethyl adjacent to an activating group) is 3. The number of hydrogen-bond donors (Lipinski definition) is 7. The van der Waals surface area contributed by atoms with Gasteiger partial charge < -0.3 is 80.7 Å². The summed E-state index contributed by atoms with van der Waals surface area (Å²) < 4.78 is 5.43. The summed E-state index contributed by atoms with van der Waals surface area (Å²) in [7, 11) is 9.54. The number of aliphatic hydroxyl groups is 2. The number of rotatable bonds is 32. The number of ether oxygens (including phenoxy) is 1. The second-order valence-electron chi connectivity index (χ2n) is 37.5. The summed E-state index contributed by atoms with van der Waals surface area (Å²) in [4.78, 5) is 129. The number of carbonyl (C=O) groups excluding carboxylic acids is 5. The Hall–Kier alpha value is -14.3. The molecule has 10 aromatic heterocycles. The van der Waals surface area contributed by atoms with Crippen LogP contribution in [0.25, 0.3) is 51.1 Å². The number of benzene rings is 5. The number of pyridine rings is 1. The van der Waals surface area contributed by atoms with Crippen molar-refractivity contribution in [2.75, 3.05) is 147 Å². The molecule has 36 heteroatoms. The Labute approximate surface area is 894 Å². The lowest BCUT2D eigenvalue weighted by Crippen LogP contribution is -2.38. The average Bonchev–Trinajstić information content (AvgIpc) is 1.61. The molecule has 5 aromatic carbocycles. The molecule has 0 radical (unpaired) electrons. The highest BCUT2D eigenvalue weighted by Crippen LogP contribution is 2.46. The van der Waals surface area contributed by atoms with Gasteiger partial charge in [0.25, 0.3) is 5.91 Å². The number of fused-ring (bicyclic) bond motifs is 15. The van der Waals surface area contributed by atoms with Crippen LogP contribution >= 0.6 is 56.7 Å². The van der Waals surface area contributed by atoms with E-state index in [2.05, 4.69) is 178 Å². The van der Waals surface area contributed by atoms with Crippen molar-refractivity contribution in [1.82, 2.24) is 84.1 Å². The van der Waals surface area contributed by atoms with Crippen molar-refractivity contribution in [1.29, 1.82) is 5.26 Å². The number of amides is 5. The maximum Gasteiger partial charge on any atom is 0.250 e. The molecule has 0 spiro atoms. The third kappa shape index (κ3) is 26.0. The number of aromatic nitrogens is 9. The summed E-state index contributed by atoms with van der Waals surface area (Å²) in [6.45, 7) is 30.5. The highest BCUT2D eigenvalue weighted by Gasteiger charge is 2.35. The number of thiophene rings is 5. The first-order valence-corrected chi connectivity index (χ1v) is 54.4. The van der Waals surface area contributed by atoms with Gasteiger partial charge in [0, 0.05) is 125 Å². The zero-order chi connectivity index (χ0) is 105. The first-order chi connectivity index (χ1) is 73.0. The van der Waals surface area contributed by atoms with Gasteiger partial charge in [-0.05, 0) is 155 Å². The van der Waals surface area contributed by atoms with E-state index in [-0.39, 0.29) is 73.0 Å². The van der Waals surface area contributed by atoms with Gasteiger partial charge in [0.05, 0.1) is 103 Å². The van der Waals surface area contributed by atoms with Gasteiger partial charge in [-0.15, -0.1) is 56.7 Å². The number of nitrogens with zero attached hydrogens (tertiary/aromatic N) is 18. The molecule has 0 fully saturated rings. The topological polar surface area (TPSA) is 361 Å². The number of nitrogens with one attached hydrogen (secondary N) is 5. The quantitative estimate of drug-likeness (QED) is 0.0193. The third-order valence-electron chi connectivity index (χ3n) is 27.0. The lowest BCUT2D eigenvalue weighted by atomic mass is 10.0. The summed E-state index contributed by atoms with van der Waals surface area (Å²) in [6.07, 6.45) is 21.9. The van der Waals surface area contributed by atoms with Crippen LogP contribution in [0.1, 0.15) is 143 Å². The van der Waals surface area contributed by atoms with E-state index in [4.69, 9.17) is 4.74 Å². The predicted octanol–water partition coefficient (Wildman–Crippen LogP) is 18.3. The Morgan fingerprint density at radius 3 is 1.09 bits per heavy atom. The van der Waals surface area contributed by atoms with Gasteiger partial charge in [0.2, 0.25) is 23.6 Å². The van der Waals surface area contributed by atoms with Gasteiger partial charge in [0.15, 0.2) is 0 Å². The second-order valence-corrected chi connectivity index (χ2v) is 42.9. The van der Waals surface area contributed by atoms with Crippen molar-refractivity contribution in [3.63, 3.8) is 0 Å². The van der Waals surface area contributed by atoms with Crippen LogP contribution in [0.4, 0.5) is 29.0 Å². The fraction of sp³-hybridized carbons (Fsp3) is 0.325. The molecule has 5 aliphatic heterocycles. The standard InChI is InChI=1S/C25H31N5OS.C23H27N5O2S.C23H27N5OS.C22H20N4O2S.C21H22N4O2S/c1-4-29(5-2)14-9-12-22(31)30-15-13-20-21(16-30)32-25-23(20)24(26-17-27-25)28-18(3)19-10-7-6-8-11-19;1-15(11-27(2)3)23(30)28-10-9-17-19(12-28)31-22-20(17)21(24-14-25-22)26-18(13-29)16-7-5-4-6-8-16;1-16(17-8-5-4-6-9-17)26-22-21-18-11-13-28(20(29)10-7-12-27(2)3)14-19(18)30-23(21)25-15-24-22;1-2-19(28)26-9-8-16-18(12-26)29-22-20(16)21(15(10-23)11-24-22)25-17(13-27)14-6-4-3-5-7-14;1-3-18(26)25-10-9-15-17(11-25)28-21-19(15)20(22-13-23-21)24-16(12-27-2)14-7-5-4-6-8-14/h6-12,17-18H,4-5,13-16H2,1-3H3,(H,26,27,28);4-8,14,18,29H,1,9-13H2,2-3H3,(H,24,25,26);4-10,15-16H,11-14H2,1-3H3,(H,24,25,26);2-7,11,17,27H,1,8-9,12-13H2,(H,24,25);3-8,13,16H,1,9-12H2,2H3,(H,22,23,24)/b12-9+;;10-7+;;/t2*18-;16-;17-;16-/m01011/s1. The summed E-state index contributed by atoms with van der Waals surface area (Å²) >= 11 is 8.12. The molecule has 0 bridgehead atoms. The van der Waals surface area contributed by atoms with Gasteiger partial charge in [0.1, 0.15) is 78.8 Å². The monoisotopic (exact) mass is 2110 g/mol. The van der Waals surface area contributed by atoms with Crippen molar-refractivity contribution in [3.8, 4) is 6.07 Å². The molecule has 776 valence electrons. The molecule has 5 amide bonds. The number of methoxy groups -OCH3 is 1. The number of aliphatic hydroxyl groups excluding tert-OH is 2. The Bertz CT molecular complexity index is 7380. The summed E-state index contributed by atoms with van der Waals surface area (Å²) in [5.41, 5.74) is 13.4. The SMILES string of the molecule is C=C(CN(C)C)C(=O)N1CCc2c(sc3ncnc(N[C@H](CO)c4ccccc4)c23)C1.C=CC(=O)N1CCc2c(sc3ncc(C#N)c(N[C@H](CO)c4ccccc4)c23)C1.C=CC(=O)N1CCc2c(sc3ncnc(N[C@H](COC)c4ccccc4)c23)C1.CCN(CC)C/C=C/C(=O)N1CCc2c(sc3ncnc(N[C@@H](C)c4ccccc4)c23)C1.C[C@H](Nc1ncnc2sc3c(c12)CCN(C(=O)/C=C/CN(C)C)C3)c1ccccc1. The van der Waals surface area contributed by atoms with Crippen LogP contribution < -0.4 is 26.6 Å². The van der Waals surface area contributed by atoms with Crippen LogP contribution in [0.3, 0.4) is 0 Å². The van der Waals surface area contributed by atoms with Gasteiger partial charge >= 0.3 is 0 Å². The van der Waals surface area contributed by atoms with Gasteiger partial charge in [-0.1, -0.05) is 197 Å². The van der Waals surface area contributed by atoms with Gasteiger partial charge in [-0.2, -0.15) is 5.26 Å². The van der Waals surface area contributed by atoms with Crippen molar-refractivity contribution < 1.29 is 38.9 Å². The van der Waals surface area contributed by atoms with Crippen LogP contribution in [0.5, 0.6) is 0 Å². The van der Waals surface area contributed by atoms with Crippen molar-refractivity contribution in [2.45, 2.75) is 123 Å². The molecule has 150 heavy (non-hydrogen) atoms. The summed E-state index contributed by atoms with van der Waals surface area (Å²) in [5.74, 6) is 3.34. The van der Waals surface area contributed by atoms with E-state index in [9.17, 15) is 39.4 Å². The molecule has 0 unspecified atom stereocenters. The van der Waals surface area contributed by atoms with E-state index < -0.39 is 0 Å². The minimum absolute atomic E-state index is 0.00524. The molecule has 5 atom stereocenters. The fourth-order valence-corrected chi connectivity index (χ4v) is 25.2. The van der Waals surface area contributed by atoms with Crippen LogP contribution in [0.15, 0.2) is 245 Å². The molecule has 0 saturated heterocycles. The zero-order valence-electron chi connectivity index (χ0n) is 86.0. The lowest BCUT2D eigenvalue weighted by molar-refractivity contribution is -0.128. The van der Waals surface area contributed by atoms with E-state index >= 15 is 0 Å². The van der Waals surface area contributed by atoms with Crippen molar-refractivity contribution in [2.24, 2.45) is 0 Å². The molecule has 31 nitrogen and oxygen atoms in total. The van der Waals surface area contributed by atoms with Gasteiger partial charge in [-0.25, -0.2) is 44.9 Å². The number of nitriles is 1. The van der Waals surface area contributed by atoms with Crippen LogP contribution in [-0.4, -0.2) is 244 Å². The molecule has 20 rings (SSSR count). The normalized spacial score (nSPS) is 14.6. The van der Waals surface area contributed by atoms with Crippen molar-refractivity contribution >= 4 is 166 Å². The van der Waals surface area contributed by atoms with E-state index in [1.165, 1.54) is 60.2 Å².